The van der Waals surface area contributed by atoms with Crippen molar-refractivity contribution in [2.45, 2.75) is 24.4 Å². The predicted molar refractivity (Wildman–Crippen MR) is 92.8 cm³/mol. The molecule has 0 aliphatic heterocycles. The van der Waals surface area contributed by atoms with E-state index in [-0.39, 0.29) is 11.8 Å². The van der Waals surface area contributed by atoms with Crippen LogP contribution in [0.5, 0.6) is 5.75 Å². The van der Waals surface area contributed by atoms with Crippen molar-refractivity contribution in [3.05, 3.63) is 59.1 Å². The molecule has 0 saturated heterocycles. The van der Waals surface area contributed by atoms with Gasteiger partial charge < -0.3 is 10.1 Å². The minimum absolute atomic E-state index is 0.0426. The van der Waals surface area contributed by atoms with E-state index >= 15 is 0 Å². The first-order valence-electron chi connectivity index (χ1n) is 7.26. The number of sulfone groups is 1. The molecule has 1 N–H and O–H groups in total. The molecule has 23 heavy (non-hydrogen) atoms. The van der Waals surface area contributed by atoms with E-state index in [9.17, 15) is 8.42 Å². The molecule has 6 heteroatoms. The number of nitrogens with one attached hydrogen (secondary N) is 1. The molecule has 0 bridgehead atoms. The van der Waals surface area contributed by atoms with Crippen LogP contribution >= 0.6 is 11.6 Å². The summed E-state index contributed by atoms with van der Waals surface area (Å²) in [7, 11) is -1.73. The van der Waals surface area contributed by atoms with E-state index in [1.54, 1.807) is 43.5 Å². The zero-order valence-corrected chi connectivity index (χ0v) is 14.7. The second-order valence-corrected chi connectivity index (χ2v) is 7.79. The molecule has 2 aromatic carbocycles. The van der Waals surface area contributed by atoms with E-state index < -0.39 is 9.84 Å². The monoisotopic (exact) mass is 353 g/mol. The molecule has 0 heterocycles. The van der Waals surface area contributed by atoms with Gasteiger partial charge in [-0.25, -0.2) is 8.42 Å². The first-order valence-corrected chi connectivity index (χ1v) is 9.29. The minimum Gasteiger partial charge on any atom is -0.495 e. The molecule has 2 aromatic rings. The van der Waals surface area contributed by atoms with Gasteiger partial charge in [-0.05, 0) is 36.8 Å². The third kappa shape index (κ3) is 4.96. The lowest BCUT2D eigenvalue weighted by molar-refractivity contribution is 0.415. The van der Waals surface area contributed by atoms with E-state index in [0.29, 0.717) is 22.2 Å². The first kappa shape index (κ1) is 17.8. The van der Waals surface area contributed by atoms with Crippen molar-refractivity contribution in [3.8, 4) is 5.75 Å². The molecule has 124 valence electrons. The summed E-state index contributed by atoms with van der Waals surface area (Å²) < 4.78 is 29.7. The topological polar surface area (TPSA) is 55.4 Å². The highest BCUT2D eigenvalue weighted by Crippen LogP contribution is 2.24. The summed E-state index contributed by atoms with van der Waals surface area (Å²) >= 11 is 6.08. The first-order chi connectivity index (χ1) is 10.9. The smallest absolute Gasteiger partial charge is 0.179 e. The van der Waals surface area contributed by atoms with Crippen LogP contribution in [0, 0.1) is 0 Å². The van der Waals surface area contributed by atoms with Crippen LogP contribution in [-0.4, -0.2) is 27.3 Å². The van der Waals surface area contributed by atoms with Crippen LogP contribution in [0.15, 0.2) is 53.4 Å². The number of methoxy groups -OCH3 is 1. The maximum absolute atomic E-state index is 12.3. The summed E-state index contributed by atoms with van der Waals surface area (Å²) in [6, 6.07) is 13.8. The van der Waals surface area contributed by atoms with Crippen molar-refractivity contribution in [1.82, 2.24) is 5.32 Å². The number of rotatable bonds is 7. The van der Waals surface area contributed by atoms with Crippen molar-refractivity contribution in [2.24, 2.45) is 0 Å². The number of hydrogen-bond donors (Lipinski definition) is 1. The number of hydrogen-bond acceptors (Lipinski definition) is 4. The van der Waals surface area contributed by atoms with Gasteiger partial charge >= 0.3 is 0 Å². The fraction of sp³-hybridized carbons (Fsp3) is 0.294. The van der Waals surface area contributed by atoms with Crippen LogP contribution in [0.25, 0.3) is 0 Å². The number of halogens is 1. The molecule has 1 unspecified atom stereocenters. The maximum atomic E-state index is 12.3. The molecule has 0 aliphatic carbocycles. The Kier molecular flexibility index (Phi) is 6.04. The van der Waals surface area contributed by atoms with Gasteiger partial charge in [-0.15, -0.1) is 0 Å². The predicted octanol–water partition coefficient (Wildman–Crippen LogP) is 3.30. The maximum Gasteiger partial charge on any atom is 0.179 e. The fourth-order valence-electron chi connectivity index (χ4n) is 2.22. The Morgan fingerprint density at radius 3 is 2.48 bits per heavy atom. The Hall–Kier alpha value is -1.56. The van der Waals surface area contributed by atoms with Gasteiger partial charge in [-0.1, -0.05) is 35.9 Å². The lowest BCUT2D eigenvalue weighted by atomic mass is 10.2. The van der Waals surface area contributed by atoms with Crippen molar-refractivity contribution in [1.29, 1.82) is 0 Å². The van der Waals surface area contributed by atoms with Gasteiger partial charge in [0.05, 0.1) is 22.8 Å². The molecule has 4 nitrogen and oxygen atoms in total. The summed E-state index contributed by atoms with van der Waals surface area (Å²) in [4.78, 5) is 0.348. The molecular weight excluding hydrogens is 334 g/mol. The largest absolute Gasteiger partial charge is 0.495 e. The molecule has 0 fully saturated rings. The van der Waals surface area contributed by atoms with Gasteiger partial charge in [0.25, 0.3) is 0 Å². The Balaban J connectivity index is 1.95. The van der Waals surface area contributed by atoms with Crippen molar-refractivity contribution in [2.75, 3.05) is 12.9 Å². The number of ether oxygens (including phenoxy) is 1. The quantitative estimate of drug-likeness (QED) is 0.829. The van der Waals surface area contributed by atoms with E-state index in [1.807, 2.05) is 19.1 Å². The standard InChI is InChI=1S/C17H20ClNO3S/c1-13(12-23(20,21)15-6-4-3-5-7-15)19-11-14-8-9-17(22-2)16(18)10-14/h3-10,13,19H,11-12H2,1-2H3. The third-order valence-corrected chi connectivity index (χ3v) is 5.67. The minimum atomic E-state index is -3.29. The second kappa shape index (κ2) is 7.81. The fourth-order valence-corrected chi connectivity index (χ4v) is 4.04. The summed E-state index contributed by atoms with van der Waals surface area (Å²) in [5.41, 5.74) is 0.972. The van der Waals surface area contributed by atoms with Gasteiger partial charge in [-0.2, -0.15) is 0 Å². The zero-order chi connectivity index (χ0) is 16.9. The van der Waals surface area contributed by atoms with Gasteiger partial charge in [0.1, 0.15) is 5.75 Å². The summed E-state index contributed by atoms with van der Waals surface area (Å²) in [5.74, 6) is 0.663. The van der Waals surface area contributed by atoms with Crippen molar-refractivity contribution in [3.63, 3.8) is 0 Å². The van der Waals surface area contributed by atoms with Crippen LogP contribution in [0.1, 0.15) is 12.5 Å². The Bertz CT molecular complexity index is 748. The third-order valence-electron chi connectivity index (χ3n) is 3.44. The van der Waals surface area contributed by atoms with Crippen LogP contribution in [0.2, 0.25) is 5.02 Å². The summed E-state index contributed by atoms with van der Waals surface area (Å²) in [6.07, 6.45) is 0. The molecule has 0 aromatic heterocycles. The summed E-state index contributed by atoms with van der Waals surface area (Å²) in [6.45, 7) is 2.39. The zero-order valence-electron chi connectivity index (χ0n) is 13.1. The van der Waals surface area contributed by atoms with Crippen LogP contribution in [0.4, 0.5) is 0 Å². The van der Waals surface area contributed by atoms with E-state index in [1.165, 1.54) is 0 Å². The Morgan fingerprint density at radius 2 is 1.87 bits per heavy atom. The van der Waals surface area contributed by atoms with Gasteiger partial charge in [-0.3, -0.25) is 0 Å². The van der Waals surface area contributed by atoms with E-state index in [0.717, 1.165) is 5.56 Å². The van der Waals surface area contributed by atoms with Crippen LogP contribution < -0.4 is 10.1 Å². The Morgan fingerprint density at radius 1 is 1.17 bits per heavy atom. The van der Waals surface area contributed by atoms with Crippen molar-refractivity contribution >= 4 is 21.4 Å². The molecule has 0 aliphatic rings. The number of benzene rings is 2. The normalized spacial score (nSPS) is 12.8. The van der Waals surface area contributed by atoms with Crippen LogP contribution in [0.3, 0.4) is 0 Å². The van der Waals surface area contributed by atoms with Crippen LogP contribution in [-0.2, 0) is 16.4 Å². The van der Waals surface area contributed by atoms with Crippen molar-refractivity contribution < 1.29 is 13.2 Å². The van der Waals surface area contributed by atoms with E-state index in [2.05, 4.69) is 5.32 Å². The van der Waals surface area contributed by atoms with Gasteiger partial charge in [0.2, 0.25) is 0 Å². The highest BCUT2D eigenvalue weighted by atomic mass is 35.5. The second-order valence-electron chi connectivity index (χ2n) is 5.35. The molecule has 1 atom stereocenters. The molecule has 2 rings (SSSR count). The highest BCUT2D eigenvalue weighted by molar-refractivity contribution is 7.91. The van der Waals surface area contributed by atoms with E-state index in [4.69, 9.17) is 16.3 Å². The Labute approximate surface area is 142 Å². The lowest BCUT2D eigenvalue weighted by Gasteiger charge is -2.15. The molecule has 0 spiro atoms. The van der Waals surface area contributed by atoms with Gasteiger partial charge in [0, 0.05) is 12.6 Å². The lowest BCUT2D eigenvalue weighted by Crippen LogP contribution is -2.32. The average molecular weight is 354 g/mol. The highest BCUT2D eigenvalue weighted by Gasteiger charge is 2.17. The average Bonchev–Trinajstić information content (AvgIpc) is 2.53. The summed E-state index contributed by atoms with van der Waals surface area (Å²) in [5, 5.41) is 3.75. The molecule has 0 radical (unpaired) electrons. The molecule has 0 saturated carbocycles. The van der Waals surface area contributed by atoms with Gasteiger partial charge in [0.15, 0.2) is 9.84 Å². The molecular formula is C17H20ClNO3S. The SMILES string of the molecule is COc1ccc(CNC(C)CS(=O)(=O)c2ccccc2)cc1Cl. The molecule has 0 amide bonds.